The number of piperidine rings is 1. The van der Waals surface area contributed by atoms with Gasteiger partial charge < -0.3 is 14.6 Å². The second-order valence-corrected chi connectivity index (χ2v) is 6.57. The van der Waals surface area contributed by atoms with Crippen LogP contribution in [0.15, 0.2) is 29.0 Å². The fourth-order valence-corrected chi connectivity index (χ4v) is 3.22. The number of nitrogens with one attached hydrogen (secondary N) is 1. The smallest absolute Gasteiger partial charge is 0.289 e. The molecule has 0 spiro atoms. The first-order chi connectivity index (χ1) is 10.6. The van der Waals surface area contributed by atoms with E-state index in [9.17, 15) is 9.59 Å². The molecule has 0 saturated carbocycles. The molecule has 116 valence electrons. The monoisotopic (exact) mass is 319 g/mol. The molecule has 6 nitrogen and oxygen atoms in total. The molecule has 0 radical (unpaired) electrons. The Hall–Kier alpha value is -2.15. The first kappa shape index (κ1) is 14.8. The molecule has 1 aliphatic heterocycles. The van der Waals surface area contributed by atoms with Crippen LogP contribution in [0.1, 0.15) is 28.3 Å². The normalized spacial score (nSPS) is 18.2. The van der Waals surface area contributed by atoms with E-state index in [-0.39, 0.29) is 17.7 Å². The molecule has 7 heteroatoms. The predicted octanol–water partition coefficient (Wildman–Crippen LogP) is 2.54. The number of furan rings is 1. The minimum atomic E-state index is -0.211. The maximum Gasteiger partial charge on any atom is 0.289 e. The molecule has 0 aliphatic carbocycles. The maximum atomic E-state index is 12.3. The number of hydrogen-bond acceptors (Lipinski definition) is 5. The van der Waals surface area contributed by atoms with E-state index in [1.165, 1.54) is 17.6 Å². The number of thiazole rings is 1. The van der Waals surface area contributed by atoms with Gasteiger partial charge in [-0.05, 0) is 31.9 Å². The summed E-state index contributed by atoms with van der Waals surface area (Å²) >= 11 is 1.45. The number of carbonyl (C=O) groups excluding carboxylic acids is 2. The Balaban J connectivity index is 1.62. The molecular formula is C15H17N3O3S. The van der Waals surface area contributed by atoms with Crippen LogP contribution in [0.5, 0.6) is 0 Å². The lowest BCUT2D eigenvalue weighted by Gasteiger charge is -2.31. The van der Waals surface area contributed by atoms with Crippen molar-refractivity contribution in [2.75, 3.05) is 18.4 Å². The predicted molar refractivity (Wildman–Crippen MR) is 82.8 cm³/mol. The van der Waals surface area contributed by atoms with Crippen LogP contribution in [0.4, 0.5) is 5.13 Å². The van der Waals surface area contributed by atoms with Crippen molar-refractivity contribution >= 4 is 28.3 Å². The van der Waals surface area contributed by atoms with E-state index in [0.29, 0.717) is 24.0 Å². The molecule has 22 heavy (non-hydrogen) atoms. The average molecular weight is 319 g/mol. The van der Waals surface area contributed by atoms with E-state index in [1.807, 2.05) is 6.92 Å². The highest BCUT2D eigenvalue weighted by Crippen LogP contribution is 2.22. The molecular weight excluding hydrogens is 302 g/mol. The third kappa shape index (κ3) is 3.19. The number of aryl methyl sites for hydroxylation is 1. The Morgan fingerprint density at radius 3 is 3.05 bits per heavy atom. The van der Waals surface area contributed by atoms with Crippen LogP contribution in [0, 0.1) is 12.8 Å². The van der Waals surface area contributed by atoms with Crippen LogP contribution in [-0.4, -0.2) is 34.8 Å². The summed E-state index contributed by atoms with van der Waals surface area (Å²) in [6, 6.07) is 3.33. The molecule has 1 fully saturated rings. The van der Waals surface area contributed by atoms with Gasteiger partial charge in [0.2, 0.25) is 5.91 Å². The van der Waals surface area contributed by atoms with Gasteiger partial charge in [0.15, 0.2) is 10.9 Å². The Morgan fingerprint density at radius 1 is 1.50 bits per heavy atom. The number of aromatic nitrogens is 1. The van der Waals surface area contributed by atoms with Gasteiger partial charge in [-0.15, -0.1) is 11.3 Å². The lowest BCUT2D eigenvalue weighted by atomic mass is 9.97. The quantitative estimate of drug-likeness (QED) is 0.943. The molecule has 2 amide bonds. The maximum absolute atomic E-state index is 12.3. The first-order valence-electron chi connectivity index (χ1n) is 7.19. The fraction of sp³-hybridized carbons (Fsp3) is 0.400. The lowest BCUT2D eigenvalue weighted by molar-refractivity contribution is -0.121. The minimum absolute atomic E-state index is 0.0775. The standard InChI is InChI=1S/C15H17N3O3S/c1-10-8-16-15(22-10)17-13(19)11-4-2-6-18(9-11)14(20)12-5-3-7-21-12/h3,5,7-8,11H,2,4,6,9H2,1H3,(H,16,17,19)/t11-/m1/s1. The lowest BCUT2D eigenvalue weighted by Crippen LogP contribution is -2.43. The fourth-order valence-electron chi connectivity index (χ4n) is 2.55. The van der Waals surface area contributed by atoms with E-state index >= 15 is 0 Å². The summed E-state index contributed by atoms with van der Waals surface area (Å²) < 4.78 is 5.14. The zero-order chi connectivity index (χ0) is 15.5. The molecule has 3 rings (SSSR count). The van der Waals surface area contributed by atoms with Gasteiger partial charge in [0.1, 0.15) is 0 Å². The summed E-state index contributed by atoms with van der Waals surface area (Å²) in [6.07, 6.45) is 4.79. The average Bonchev–Trinajstić information content (AvgIpc) is 3.18. The summed E-state index contributed by atoms with van der Waals surface area (Å²) in [6.45, 7) is 3.01. The molecule has 1 N–H and O–H groups in total. The molecule has 0 aromatic carbocycles. The highest BCUT2D eigenvalue weighted by molar-refractivity contribution is 7.15. The van der Waals surface area contributed by atoms with Crippen molar-refractivity contribution in [2.45, 2.75) is 19.8 Å². The zero-order valence-electron chi connectivity index (χ0n) is 12.2. The Morgan fingerprint density at radius 2 is 2.36 bits per heavy atom. The number of hydrogen-bond donors (Lipinski definition) is 1. The van der Waals surface area contributed by atoms with Gasteiger partial charge in [0.25, 0.3) is 5.91 Å². The molecule has 0 bridgehead atoms. The summed E-state index contributed by atoms with van der Waals surface area (Å²) in [5.74, 6) is -0.132. The van der Waals surface area contributed by atoms with Crippen LogP contribution in [-0.2, 0) is 4.79 Å². The third-order valence-corrected chi connectivity index (χ3v) is 4.49. The van der Waals surface area contributed by atoms with Crippen molar-refractivity contribution in [1.82, 2.24) is 9.88 Å². The van der Waals surface area contributed by atoms with Gasteiger partial charge in [-0.2, -0.15) is 0 Å². The highest BCUT2D eigenvalue weighted by atomic mass is 32.1. The second kappa shape index (κ2) is 6.31. The van der Waals surface area contributed by atoms with Crippen molar-refractivity contribution in [3.63, 3.8) is 0 Å². The highest BCUT2D eigenvalue weighted by Gasteiger charge is 2.30. The van der Waals surface area contributed by atoms with Gasteiger partial charge >= 0.3 is 0 Å². The van der Waals surface area contributed by atoms with Crippen molar-refractivity contribution in [2.24, 2.45) is 5.92 Å². The van der Waals surface area contributed by atoms with Crippen LogP contribution >= 0.6 is 11.3 Å². The number of anilines is 1. The summed E-state index contributed by atoms with van der Waals surface area (Å²) in [7, 11) is 0. The van der Waals surface area contributed by atoms with E-state index < -0.39 is 0 Å². The Labute approximate surface area is 132 Å². The number of carbonyl (C=O) groups is 2. The van der Waals surface area contributed by atoms with Crippen LogP contribution in [0.3, 0.4) is 0 Å². The Kier molecular flexibility index (Phi) is 4.24. The zero-order valence-corrected chi connectivity index (χ0v) is 13.1. The van der Waals surface area contributed by atoms with Crippen LogP contribution in [0.2, 0.25) is 0 Å². The van der Waals surface area contributed by atoms with Crippen molar-refractivity contribution in [3.8, 4) is 0 Å². The molecule has 2 aromatic rings. The number of nitrogens with zero attached hydrogens (tertiary/aromatic N) is 2. The number of likely N-dealkylation sites (tertiary alicyclic amines) is 1. The van der Waals surface area contributed by atoms with Gasteiger partial charge in [0.05, 0.1) is 12.2 Å². The van der Waals surface area contributed by atoms with Gasteiger partial charge in [0, 0.05) is 24.2 Å². The molecule has 0 unspecified atom stereocenters. The second-order valence-electron chi connectivity index (χ2n) is 5.33. The van der Waals surface area contributed by atoms with Gasteiger partial charge in [-0.25, -0.2) is 4.98 Å². The molecule has 1 saturated heterocycles. The Bertz CT molecular complexity index is 665. The summed E-state index contributed by atoms with van der Waals surface area (Å²) in [5.41, 5.74) is 0. The van der Waals surface area contributed by atoms with Gasteiger partial charge in [-0.1, -0.05) is 0 Å². The van der Waals surface area contributed by atoms with Gasteiger partial charge in [-0.3, -0.25) is 9.59 Å². The third-order valence-electron chi connectivity index (χ3n) is 3.66. The molecule has 1 atom stereocenters. The van der Waals surface area contributed by atoms with E-state index in [4.69, 9.17) is 4.42 Å². The van der Waals surface area contributed by atoms with Crippen molar-refractivity contribution in [3.05, 3.63) is 35.2 Å². The van der Waals surface area contributed by atoms with E-state index in [1.54, 1.807) is 23.2 Å². The van der Waals surface area contributed by atoms with Crippen LogP contribution < -0.4 is 5.32 Å². The molecule has 2 aromatic heterocycles. The number of amides is 2. The largest absolute Gasteiger partial charge is 0.459 e. The van der Waals surface area contributed by atoms with E-state index in [0.717, 1.165) is 17.7 Å². The SMILES string of the molecule is Cc1cnc(NC(=O)[C@@H]2CCCN(C(=O)c3ccco3)C2)s1. The summed E-state index contributed by atoms with van der Waals surface area (Å²) in [4.78, 5) is 31.5. The van der Waals surface area contributed by atoms with Crippen molar-refractivity contribution in [1.29, 1.82) is 0 Å². The first-order valence-corrected chi connectivity index (χ1v) is 8.01. The topological polar surface area (TPSA) is 75.4 Å². The number of rotatable bonds is 3. The van der Waals surface area contributed by atoms with Crippen LogP contribution in [0.25, 0.3) is 0 Å². The van der Waals surface area contributed by atoms with E-state index in [2.05, 4.69) is 10.3 Å². The molecule has 3 heterocycles. The molecule has 1 aliphatic rings. The summed E-state index contributed by atoms with van der Waals surface area (Å²) in [5, 5.41) is 3.44. The van der Waals surface area contributed by atoms with Crippen molar-refractivity contribution < 1.29 is 14.0 Å². The minimum Gasteiger partial charge on any atom is -0.459 e.